The van der Waals surface area contributed by atoms with E-state index in [9.17, 15) is 35.5 Å². The van der Waals surface area contributed by atoms with Crippen molar-refractivity contribution in [1.82, 2.24) is 9.80 Å². The predicted molar refractivity (Wildman–Crippen MR) is 123 cm³/mol. The summed E-state index contributed by atoms with van der Waals surface area (Å²) in [5, 5.41) is 0. The van der Waals surface area contributed by atoms with E-state index in [1.165, 1.54) is 11.0 Å². The largest absolute Gasteiger partial charge is 0.437 e. The second-order valence-electron chi connectivity index (χ2n) is 10.5. The van der Waals surface area contributed by atoms with Crippen molar-refractivity contribution in [1.29, 1.82) is 0 Å². The highest BCUT2D eigenvalue weighted by molar-refractivity contribution is 5.68. The van der Waals surface area contributed by atoms with Crippen molar-refractivity contribution in [2.24, 2.45) is 5.41 Å². The maximum atomic E-state index is 13.7. The Morgan fingerprint density at radius 3 is 2.24 bits per heavy atom. The first-order valence-corrected chi connectivity index (χ1v) is 12.6. The van der Waals surface area contributed by atoms with Gasteiger partial charge in [-0.1, -0.05) is 6.07 Å². The van der Waals surface area contributed by atoms with E-state index < -0.39 is 36.3 Å². The highest BCUT2D eigenvalue weighted by atomic mass is 19.4. The van der Waals surface area contributed by atoms with Crippen LogP contribution in [0.5, 0.6) is 0 Å². The summed E-state index contributed by atoms with van der Waals surface area (Å²) in [7, 11) is 0. The van der Waals surface area contributed by atoms with Gasteiger partial charge in [0.25, 0.3) is 0 Å². The van der Waals surface area contributed by atoms with E-state index in [2.05, 4.69) is 9.64 Å². The van der Waals surface area contributed by atoms with Crippen LogP contribution in [0, 0.1) is 5.41 Å². The standard InChI is InChI=1S/C25H32F7N3O2/c1-17(24(27,28)29)37-22(36)35-13-8-23(16-35)6-11-33(12-7-23)15-18-2-3-19(25(30,31)32)14-21(18)34-9-4-20(26)5-10-34/h2-3,14,17,20H,4-13,15-16H2,1H3. The van der Waals surface area contributed by atoms with E-state index in [1.807, 2.05) is 4.90 Å². The molecule has 0 radical (unpaired) electrons. The average molecular weight is 540 g/mol. The number of alkyl halides is 7. The molecule has 0 saturated carbocycles. The van der Waals surface area contributed by atoms with E-state index in [1.54, 1.807) is 0 Å². The lowest BCUT2D eigenvalue weighted by molar-refractivity contribution is -0.199. The van der Waals surface area contributed by atoms with Crippen molar-refractivity contribution in [3.63, 3.8) is 0 Å². The third kappa shape index (κ3) is 6.61. The van der Waals surface area contributed by atoms with Gasteiger partial charge in [0.2, 0.25) is 0 Å². The first kappa shape index (κ1) is 27.8. The summed E-state index contributed by atoms with van der Waals surface area (Å²) in [6.45, 7) is 3.91. The van der Waals surface area contributed by atoms with Gasteiger partial charge < -0.3 is 14.5 Å². The molecule has 0 bridgehead atoms. The van der Waals surface area contributed by atoms with Gasteiger partial charge in [-0.25, -0.2) is 9.18 Å². The number of hydrogen-bond donors (Lipinski definition) is 0. The number of likely N-dealkylation sites (tertiary alicyclic amines) is 2. The van der Waals surface area contributed by atoms with E-state index >= 15 is 0 Å². The van der Waals surface area contributed by atoms with Gasteiger partial charge in [-0.2, -0.15) is 26.3 Å². The number of hydrogen-bond acceptors (Lipinski definition) is 4. The molecule has 3 saturated heterocycles. The molecule has 1 aromatic carbocycles. The molecule has 3 aliphatic rings. The molecule has 1 atom stereocenters. The molecule has 3 fully saturated rings. The van der Waals surface area contributed by atoms with Crippen molar-refractivity contribution >= 4 is 11.8 Å². The second-order valence-corrected chi connectivity index (χ2v) is 10.5. The van der Waals surface area contributed by atoms with Crippen LogP contribution in [0.2, 0.25) is 0 Å². The van der Waals surface area contributed by atoms with Crippen LogP contribution in [-0.4, -0.2) is 73.6 Å². The third-order valence-electron chi connectivity index (χ3n) is 7.92. The summed E-state index contributed by atoms with van der Waals surface area (Å²) < 4.78 is 96.6. The molecular formula is C25H32F7N3O2. The molecule has 4 rings (SSSR count). The highest BCUT2D eigenvalue weighted by Crippen LogP contribution is 2.42. The highest BCUT2D eigenvalue weighted by Gasteiger charge is 2.45. The summed E-state index contributed by atoms with van der Waals surface area (Å²) in [5.74, 6) is 0. The molecule has 1 aromatic rings. The molecule has 0 N–H and O–H groups in total. The monoisotopic (exact) mass is 539 g/mol. The van der Waals surface area contributed by atoms with Gasteiger partial charge in [0, 0.05) is 38.4 Å². The summed E-state index contributed by atoms with van der Waals surface area (Å²) in [5.41, 5.74) is 0.293. The number of rotatable bonds is 4. The van der Waals surface area contributed by atoms with Crippen molar-refractivity contribution in [3.05, 3.63) is 29.3 Å². The number of amides is 1. The van der Waals surface area contributed by atoms with E-state index in [0.717, 1.165) is 37.5 Å². The second kappa shape index (κ2) is 10.5. The fraction of sp³-hybridized carbons (Fsp3) is 0.720. The van der Waals surface area contributed by atoms with Crippen LogP contribution >= 0.6 is 0 Å². The van der Waals surface area contributed by atoms with Crippen molar-refractivity contribution < 1.29 is 40.3 Å². The first-order valence-electron chi connectivity index (χ1n) is 12.6. The number of carbonyl (C=O) groups is 1. The molecule has 1 amide bonds. The zero-order valence-corrected chi connectivity index (χ0v) is 20.7. The van der Waals surface area contributed by atoms with Gasteiger partial charge in [-0.15, -0.1) is 0 Å². The Kier molecular flexibility index (Phi) is 7.88. The minimum atomic E-state index is -4.61. The van der Waals surface area contributed by atoms with Crippen LogP contribution in [0.3, 0.4) is 0 Å². The quantitative estimate of drug-likeness (QED) is 0.439. The Morgan fingerprint density at radius 2 is 1.65 bits per heavy atom. The molecule has 0 aliphatic carbocycles. The summed E-state index contributed by atoms with van der Waals surface area (Å²) in [4.78, 5) is 17.5. The molecule has 208 valence electrons. The molecular weight excluding hydrogens is 507 g/mol. The van der Waals surface area contributed by atoms with E-state index in [-0.39, 0.29) is 18.3 Å². The first-order chi connectivity index (χ1) is 17.3. The lowest BCUT2D eigenvalue weighted by atomic mass is 9.77. The van der Waals surface area contributed by atoms with Crippen LogP contribution in [0.4, 0.5) is 41.2 Å². The number of piperidine rings is 2. The lowest BCUT2D eigenvalue weighted by Crippen LogP contribution is -2.43. The number of ether oxygens (including phenoxy) is 1. The molecule has 1 spiro atoms. The van der Waals surface area contributed by atoms with Gasteiger partial charge in [0.1, 0.15) is 6.17 Å². The van der Waals surface area contributed by atoms with E-state index in [4.69, 9.17) is 0 Å². The summed E-state index contributed by atoms with van der Waals surface area (Å²) >= 11 is 0. The fourth-order valence-electron chi connectivity index (χ4n) is 5.48. The third-order valence-corrected chi connectivity index (χ3v) is 7.92. The molecule has 37 heavy (non-hydrogen) atoms. The molecule has 3 aliphatic heterocycles. The molecule has 1 unspecified atom stereocenters. The number of nitrogens with zero attached hydrogens (tertiary/aromatic N) is 3. The SMILES string of the molecule is CC(OC(=O)N1CCC2(CCN(Cc3ccc(C(F)(F)F)cc3N3CCC(F)CC3)CC2)C1)C(F)(F)F. The fourth-order valence-corrected chi connectivity index (χ4v) is 5.48. The average Bonchev–Trinajstić information content (AvgIpc) is 3.24. The van der Waals surface area contributed by atoms with Crippen molar-refractivity contribution in [2.75, 3.05) is 44.2 Å². The Labute approximate surface area is 211 Å². The summed E-state index contributed by atoms with van der Waals surface area (Å²) in [6, 6.07) is 3.73. The number of anilines is 1. The number of carbonyl (C=O) groups excluding carboxylic acids is 1. The van der Waals surface area contributed by atoms with Gasteiger partial charge in [-0.3, -0.25) is 4.90 Å². The Bertz CT molecular complexity index is 953. The minimum Gasteiger partial charge on any atom is -0.437 e. The van der Waals surface area contributed by atoms with Crippen LogP contribution in [0.15, 0.2) is 18.2 Å². The van der Waals surface area contributed by atoms with Crippen molar-refractivity contribution in [2.45, 2.75) is 70.2 Å². The normalized spacial score (nSPS) is 22.5. The van der Waals surface area contributed by atoms with Gasteiger partial charge >= 0.3 is 18.4 Å². The van der Waals surface area contributed by atoms with Gasteiger partial charge in [0.05, 0.1) is 5.56 Å². The van der Waals surface area contributed by atoms with Gasteiger partial charge in [-0.05, 0) is 75.2 Å². The predicted octanol–water partition coefficient (Wildman–Crippen LogP) is 6.02. The lowest BCUT2D eigenvalue weighted by Gasteiger charge is -2.40. The van der Waals surface area contributed by atoms with Crippen LogP contribution in [-0.2, 0) is 17.5 Å². The van der Waals surface area contributed by atoms with Crippen LogP contribution in [0.25, 0.3) is 0 Å². The molecule has 3 heterocycles. The molecule has 0 aromatic heterocycles. The van der Waals surface area contributed by atoms with E-state index in [0.29, 0.717) is 57.9 Å². The molecule has 12 heteroatoms. The number of halogens is 7. The summed E-state index contributed by atoms with van der Waals surface area (Å²) in [6.07, 6.45) is -10.5. The van der Waals surface area contributed by atoms with Gasteiger partial charge in [0.15, 0.2) is 6.10 Å². The maximum absolute atomic E-state index is 13.7. The zero-order valence-electron chi connectivity index (χ0n) is 20.7. The van der Waals surface area contributed by atoms with Crippen LogP contribution < -0.4 is 4.90 Å². The Balaban J connectivity index is 1.38. The number of benzene rings is 1. The Hall–Kier alpha value is -2.24. The zero-order chi connectivity index (χ0) is 27.0. The smallest absolute Gasteiger partial charge is 0.425 e. The Morgan fingerprint density at radius 1 is 1.03 bits per heavy atom. The molecule has 5 nitrogen and oxygen atoms in total. The topological polar surface area (TPSA) is 36.0 Å². The van der Waals surface area contributed by atoms with Crippen LogP contribution in [0.1, 0.15) is 50.2 Å². The maximum Gasteiger partial charge on any atom is 0.425 e. The van der Waals surface area contributed by atoms with Crippen molar-refractivity contribution in [3.8, 4) is 0 Å². The minimum absolute atomic E-state index is 0.205.